The fourth-order valence-electron chi connectivity index (χ4n) is 2.99. The van der Waals surface area contributed by atoms with E-state index in [0.29, 0.717) is 16.1 Å². The third-order valence-corrected chi connectivity index (χ3v) is 4.44. The van der Waals surface area contributed by atoms with Crippen molar-refractivity contribution >= 4 is 28.3 Å². The Morgan fingerprint density at radius 3 is 2.24 bits per heavy atom. The molecule has 1 heterocycles. The van der Waals surface area contributed by atoms with Crippen LogP contribution in [0.15, 0.2) is 85.1 Å². The monoisotopic (exact) mass is 343 g/mol. The van der Waals surface area contributed by atoms with Gasteiger partial charge in [0, 0.05) is 33.3 Å². The number of pyridine rings is 1. The van der Waals surface area contributed by atoms with Crippen molar-refractivity contribution in [3.63, 3.8) is 0 Å². The Hall–Kier alpha value is -2.97. The van der Waals surface area contributed by atoms with Crippen LogP contribution < -0.4 is 0 Å². The van der Waals surface area contributed by atoms with E-state index in [2.05, 4.69) is 4.98 Å². The molecule has 0 saturated carbocycles. The highest BCUT2D eigenvalue weighted by Crippen LogP contribution is 2.32. The van der Waals surface area contributed by atoms with Gasteiger partial charge in [0.15, 0.2) is 5.78 Å². The molecule has 0 saturated heterocycles. The second-order valence-corrected chi connectivity index (χ2v) is 6.20. The summed E-state index contributed by atoms with van der Waals surface area (Å²) in [4.78, 5) is 17.6. The largest absolute Gasteiger partial charge is 0.289 e. The topological polar surface area (TPSA) is 30.0 Å². The SMILES string of the molecule is O=C(c1ccc(Cl)cc1)c1cnc2ccccc2c1-c1ccccc1. The molecule has 0 aliphatic carbocycles. The van der Waals surface area contributed by atoms with E-state index < -0.39 is 0 Å². The lowest BCUT2D eigenvalue weighted by Gasteiger charge is -2.12. The van der Waals surface area contributed by atoms with Gasteiger partial charge in [0.2, 0.25) is 0 Å². The molecule has 0 aliphatic heterocycles. The summed E-state index contributed by atoms with van der Waals surface area (Å²) in [6.07, 6.45) is 1.67. The van der Waals surface area contributed by atoms with Crippen molar-refractivity contribution in [3.8, 4) is 11.1 Å². The Balaban J connectivity index is 1.97. The molecule has 0 spiro atoms. The van der Waals surface area contributed by atoms with Crippen molar-refractivity contribution in [1.82, 2.24) is 4.98 Å². The van der Waals surface area contributed by atoms with Gasteiger partial charge >= 0.3 is 0 Å². The number of carbonyl (C=O) groups excluding carboxylic acids is 1. The van der Waals surface area contributed by atoms with E-state index in [4.69, 9.17) is 11.6 Å². The summed E-state index contributed by atoms with van der Waals surface area (Å²) >= 11 is 5.94. The van der Waals surface area contributed by atoms with E-state index in [1.807, 2.05) is 54.6 Å². The molecule has 0 aliphatic rings. The van der Waals surface area contributed by atoms with Crippen LogP contribution in [-0.2, 0) is 0 Å². The number of nitrogens with zero attached hydrogens (tertiary/aromatic N) is 1. The zero-order chi connectivity index (χ0) is 17.2. The number of halogens is 1. The molecule has 3 aromatic carbocycles. The summed E-state index contributed by atoms with van der Waals surface area (Å²) < 4.78 is 0. The Labute approximate surface area is 150 Å². The number of hydrogen-bond donors (Lipinski definition) is 0. The smallest absolute Gasteiger partial charge is 0.195 e. The lowest BCUT2D eigenvalue weighted by molar-refractivity contribution is 0.103. The third kappa shape index (κ3) is 2.92. The minimum atomic E-state index is -0.0613. The molecule has 0 amide bonds. The first-order valence-electron chi connectivity index (χ1n) is 7.97. The van der Waals surface area contributed by atoms with Gasteiger partial charge in [-0.3, -0.25) is 9.78 Å². The average molecular weight is 344 g/mol. The van der Waals surface area contributed by atoms with Crippen molar-refractivity contribution in [2.45, 2.75) is 0 Å². The fourth-order valence-corrected chi connectivity index (χ4v) is 3.11. The molecule has 0 atom stereocenters. The predicted octanol–water partition coefficient (Wildman–Crippen LogP) is 5.79. The highest BCUT2D eigenvalue weighted by molar-refractivity contribution is 6.30. The normalized spacial score (nSPS) is 10.8. The molecule has 120 valence electrons. The van der Waals surface area contributed by atoms with Gasteiger partial charge in [-0.1, -0.05) is 60.1 Å². The Morgan fingerprint density at radius 1 is 0.800 bits per heavy atom. The number of fused-ring (bicyclic) bond motifs is 1. The molecule has 2 nitrogen and oxygen atoms in total. The summed E-state index contributed by atoms with van der Waals surface area (Å²) in [5.41, 5.74) is 3.96. The van der Waals surface area contributed by atoms with Crippen LogP contribution in [0.4, 0.5) is 0 Å². The zero-order valence-corrected chi connectivity index (χ0v) is 14.1. The Morgan fingerprint density at radius 2 is 1.48 bits per heavy atom. The first kappa shape index (κ1) is 15.6. The number of ketones is 1. The van der Waals surface area contributed by atoms with Crippen LogP contribution in [-0.4, -0.2) is 10.8 Å². The van der Waals surface area contributed by atoms with Gasteiger partial charge in [0.25, 0.3) is 0 Å². The summed E-state index contributed by atoms with van der Waals surface area (Å²) in [6, 6.07) is 24.8. The molecular formula is C22H14ClNO. The predicted molar refractivity (Wildman–Crippen MR) is 102 cm³/mol. The Kier molecular flexibility index (Phi) is 4.04. The standard InChI is InChI=1S/C22H14ClNO/c23-17-12-10-16(11-13-17)22(25)19-14-24-20-9-5-4-8-18(20)21(19)15-6-2-1-3-7-15/h1-14H. The molecule has 0 N–H and O–H groups in total. The summed E-state index contributed by atoms with van der Waals surface area (Å²) in [6.45, 7) is 0. The van der Waals surface area contributed by atoms with E-state index >= 15 is 0 Å². The quantitative estimate of drug-likeness (QED) is 0.441. The minimum absolute atomic E-state index is 0.0613. The van der Waals surface area contributed by atoms with Crippen LogP contribution in [0, 0.1) is 0 Å². The number of para-hydroxylation sites is 1. The zero-order valence-electron chi connectivity index (χ0n) is 13.3. The van der Waals surface area contributed by atoms with E-state index in [1.54, 1.807) is 30.5 Å². The van der Waals surface area contributed by atoms with Crippen molar-refractivity contribution < 1.29 is 4.79 Å². The maximum absolute atomic E-state index is 13.1. The van der Waals surface area contributed by atoms with Gasteiger partial charge in [0.05, 0.1) is 5.52 Å². The van der Waals surface area contributed by atoms with Gasteiger partial charge in [-0.15, -0.1) is 0 Å². The van der Waals surface area contributed by atoms with Crippen LogP contribution in [0.2, 0.25) is 5.02 Å². The number of rotatable bonds is 3. The van der Waals surface area contributed by atoms with Crippen molar-refractivity contribution in [1.29, 1.82) is 0 Å². The molecule has 25 heavy (non-hydrogen) atoms. The van der Waals surface area contributed by atoms with Gasteiger partial charge in [-0.25, -0.2) is 0 Å². The molecule has 0 radical (unpaired) electrons. The molecule has 4 rings (SSSR count). The molecule has 0 fully saturated rings. The van der Waals surface area contributed by atoms with Crippen LogP contribution in [0.1, 0.15) is 15.9 Å². The van der Waals surface area contributed by atoms with Gasteiger partial charge in [-0.2, -0.15) is 0 Å². The van der Waals surface area contributed by atoms with Gasteiger partial charge in [-0.05, 0) is 35.9 Å². The maximum Gasteiger partial charge on any atom is 0.195 e. The summed E-state index contributed by atoms with van der Waals surface area (Å²) in [7, 11) is 0. The fraction of sp³-hybridized carbons (Fsp3) is 0. The van der Waals surface area contributed by atoms with E-state index in [-0.39, 0.29) is 5.78 Å². The average Bonchev–Trinajstić information content (AvgIpc) is 2.68. The van der Waals surface area contributed by atoms with Gasteiger partial charge < -0.3 is 0 Å². The van der Waals surface area contributed by atoms with Crippen molar-refractivity contribution in [3.05, 3.63) is 101 Å². The first-order chi connectivity index (χ1) is 12.2. The summed E-state index contributed by atoms with van der Waals surface area (Å²) in [5.74, 6) is -0.0613. The van der Waals surface area contributed by atoms with Crippen molar-refractivity contribution in [2.75, 3.05) is 0 Å². The van der Waals surface area contributed by atoms with Gasteiger partial charge in [0.1, 0.15) is 0 Å². The van der Waals surface area contributed by atoms with Crippen LogP contribution in [0.5, 0.6) is 0 Å². The molecule has 4 aromatic rings. The van der Waals surface area contributed by atoms with E-state index in [0.717, 1.165) is 22.0 Å². The first-order valence-corrected chi connectivity index (χ1v) is 8.35. The van der Waals surface area contributed by atoms with Crippen LogP contribution in [0.3, 0.4) is 0 Å². The number of benzene rings is 3. The van der Waals surface area contributed by atoms with Crippen LogP contribution >= 0.6 is 11.6 Å². The lowest BCUT2D eigenvalue weighted by atomic mass is 9.92. The number of hydrogen-bond acceptors (Lipinski definition) is 2. The number of aromatic nitrogens is 1. The second kappa shape index (κ2) is 6.50. The summed E-state index contributed by atoms with van der Waals surface area (Å²) in [5, 5.41) is 1.57. The second-order valence-electron chi connectivity index (χ2n) is 5.77. The highest BCUT2D eigenvalue weighted by atomic mass is 35.5. The molecule has 0 unspecified atom stereocenters. The third-order valence-electron chi connectivity index (χ3n) is 4.19. The number of carbonyl (C=O) groups is 1. The molecule has 1 aromatic heterocycles. The Bertz CT molecular complexity index is 1060. The van der Waals surface area contributed by atoms with E-state index in [1.165, 1.54) is 0 Å². The maximum atomic E-state index is 13.1. The molecular weight excluding hydrogens is 330 g/mol. The molecule has 0 bridgehead atoms. The van der Waals surface area contributed by atoms with Crippen molar-refractivity contribution in [2.24, 2.45) is 0 Å². The minimum Gasteiger partial charge on any atom is -0.289 e. The van der Waals surface area contributed by atoms with E-state index in [9.17, 15) is 4.79 Å². The molecule has 3 heteroatoms. The highest BCUT2D eigenvalue weighted by Gasteiger charge is 2.18. The van der Waals surface area contributed by atoms with Crippen LogP contribution in [0.25, 0.3) is 22.0 Å². The lowest BCUT2D eigenvalue weighted by Crippen LogP contribution is -2.05.